The number of hydrogen-bond donors (Lipinski definition) is 1. The van der Waals surface area contributed by atoms with Crippen LogP contribution in [0.4, 0.5) is 10.1 Å². The fourth-order valence-corrected chi connectivity index (χ4v) is 3.18. The summed E-state index contributed by atoms with van der Waals surface area (Å²) in [4.78, 5) is 28.8. The van der Waals surface area contributed by atoms with E-state index in [1.807, 2.05) is 30.3 Å². The van der Waals surface area contributed by atoms with E-state index >= 15 is 0 Å². The van der Waals surface area contributed by atoms with Crippen LogP contribution in [-0.4, -0.2) is 16.9 Å². The zero-order chi connectivity index (χ0) is 18.1. The average molecular weight is 350 g/mol. The maximum absolute atomic E-state index is 13.4. The number of anilines is 1. The minimum Gasteiger partial charge on any atom is -0.460 e. The molecule has 4 rings (SSSR count). The van der Waals surface area contributed by atoms with Gasteiger partial charge in [-0.3, -0.25) is 14.6 Å². The first-order valence-corrected chi connectivity index (χ1v) is 8.20. The van der Waals surface area contributed by atoms with Gasteiger partial charge in [0.15, 0.2) is 0 Å². The van der Waals surface area contributed by atoms with Crippen molar-refractivity contribution >= 4 is 28.5 Å². The van der Waals surface area contributed by atoms with Crippen molar-refractivity contribution in [1.29, 1.82) is 0 Å². The van der Waals surface area contributed by atoms with Gasteiger partial charge in [0.25, 0.3) is 0 Å². The molecule has 130 valence electrons. The molecule has 1 aliphatic rings. The van der Waals surface area contributed by atoms with Crippen molar-refractivity contribution in [3.63, 3.8) is 0 Å². The van der Waals surface area contributed by atoms with Crippen LogP contribution in [0.15, 0.2) is 54.7 Å². The molecule has 1 N–H and O–H groups in total. The smallest absolute Gasteiger partial charge is 0.314 e. The van der Waals surface area contributed by atoms with E-state index in [0.717, 1.165) is 16.5 Å². The van der Waals surface area contributed by atoms with Crippen molar-refractivity contribution in [3.05, 3.63) is 71.7 Å². The van der Waals surface area contributed by atoms with E-state index in [1.54, 1.807) is 6.20 Å². The summed E-state index contributed by atoms with van der Waals surface area (Å²) in [5.74, 6) is -2.07. The first kappa shape index (κ1) is 16.2. The molecule has 0 bridgehead atoms. The lowest BCUT2D eigenvalue weighted by Gasteiger charge is -2.24. The van der Waals surface area contributed by atoms with Crippen molar-refractivity contribution in [2.45, 2.75) is 18.9 Å². The van der Waals surface area contributed by atoms with Crippen LogP contribution >= 0.6 is 0 Å². The Morgan fingerprint density at radius 2 is 2.08 bits per heavy atom. The molecule has 1 aromatic heterocycles. The fourth-order valence-electron chi connectivity index (χ4n) is 3.18. The Hall–Kier alpha value is -3.28. The number of ether oxygens (including phenoxy) is 1. The topological polar surface area (TPSA) is 68.3 Å². The van der Waals surface area contributed by atoms with Gasteiger partial charge in [0.2, 0.25) is 5.91 Å². The monoisotopic (exact) mass is 350 g/mol. The summed E-state index contributed by atoms with van der Waals surface area (Å²) in [6.45, 7) is 0.0574. The molecule has 0 saturated carbocycles. The summed E-state index contributed by atoms with van der Waals surface area (Å²) in [6.07, 6.45) is 1.66. The standard InChI is InChI=1S/C20H15FN2O3/c21-14-6-7-15-16(10-18(24)23-17(15)9-14)20(25)26-11-13-4-1-3-12-5-2-8-22-19(12)13/h1-9,16H,10-11H2,(H,23,24)/t16-/m1/s1. The average Bonchev–Trinajstić information content (AvgIpc) is 2.65. The van der Waals surface area contributed by atoms with Crippen LogP contribution in [0.3, 0.4) is 0 Å². The zero-order valence-electron chi connectivity index (χ0n) is 13.7. The third-order valence-corrected chi connectivity index (χ3v) is 4.43. The molecule has 0 radical (unpaired) electrons. The van der Waals surface area contributed by atoms with E-state index in [4.69, 9.17) is 4.74 Å². The number of amides is 1. The molecule has 26 heavy (non-hydrogen) atoms. The molecule has 0 unspecified atom stereocenters. The van der Waals surface area contributed by atoms with E-state index in [-0.39, 0.29) is 18.9 Å². The Labute approximate surface area is 148 Å². The van der Waals surface area contributed by atoms with Crippen molar-refractivity contribution < 1.29 is 18.7 Å². The summed E-state index contributed by atoms with van der Waals surface area (Å²) < 4.78 is 18.9. The van der Waals surface area contributed by atoms with Crippen molar-refractivity contribution in [3.8, 4) is 0 Å². The molecule has 0 aliphatic carbocycles. The number of aromatic nitrogens is 1. The van der Waals surface area contributed by atoms with Gasteiger partial charge in [-0.15, -0.1) is 0 Å². The molecule has 1 atom stereocenters. The molecule has 0 fully saturated rings. The van der Waals surface area contributed by atoms with Gasteiger partial charge < -0.3 is 10.1 Å². The number of carbonyl (C=O) groups is 2. The van der Waals surface area contributed by atoms with E-state index < -0.39 is 17.7 Å². The second kappa shape index (κ2) is 6.55. The van der Waals surface area contributed by atoms with Crippen molar-refractivity contribution in [1.82, 2.24) is 4.98 Å². The highest BCUT2D eigenvalue weighted by Crippen LogP contribution is 2.33. The third-order valence-electron chi connectivity index (χ3n) is 4.43. The number of para-hydroxylation sites is 1. The number of hydrogen-bond acceptors (Lipinski definition) is 4. The quantitative estimate of drug-likeness (QED) is 0.734. The number of fused-ring (bicyclic) bond motifs is 2. The SMILES string of the molecule is O=C1C[C@@H](C(=O)OCc2cccc3cccnc23)c2ccc(F)cc2N1. The van der Waals surface area contributed by atoms with Gasteiger partial charge in [0, 0.05) is 29.3 Å². The van der Waals surface area contributed by atoms with Gasteiger partial charge in [-0.1, -0.05) is 30.3 Å². The molecular weight excluding hydrogens is 335 g/mol. The summed E-state index contributed by atoms with van der Waals surface area (Å²) in [5, 5.41) is 3.54. The van der Waals surface area contributed by atoms with E-state index in [2.05, 4.69) is 10.3 Å². The van der Waals surface area contributed by atoms with E-state index in [1.165, 1.54) is 18.2 Å². The second-order valence-electron chi connectivity index (χ2n) is 6.14. The lowest BCUT2D eigenvalue weighted by Crippen LogP contribution is -2.28. The summed E-state index contributed by atoms with van der Waals surface area (Å²) >= 11 is 0. The zero-order valence-corrected chi connectivity index (χ0v) is 13.7. The fraction of sp³-hybridized carbons (Fsp3) is 0.150. The number of benzene rings is 2. The summed E-state index contributed by atoms with van der Waals surface area (Å²) in [5.41, 5.74) is 2.43. The highest BCUT2D eigenvalue weighted by molar-refractivity contribution is 6.00. The molecular formula is C20H15FN2O3. The highest BCUT2D eigenvalue weighted by Gasteiger charge is 2.32. The van der Waals surface area contributed by atoms with Gasteiger partial charge in [-0.25, -0.2) is 4.39 Å². The van der Waals surface area contributed by atoms with E-state index in [0.29, 0.717) is 11.3 Å². The minimum atomic E-state index is -0.748. The van der Waals surface area contributed by atoms with Crippen LogP contribution in [0.25, 0.3) is 10.9 Å². The molecule has 6 heteroatoms. The number of halogens is 1. The Balaban J connectivity index is 1.56. The maximum Gasteiger partial charge on any atom is 0.314 e. The number of nitrogens with one attached hydrogen (secondary N) is 1. The Kier molecular flexibility index (Phi) is 4.08. The normalized spacial score (nSPS) is 16.0. The van der Waals surface area contributed by atoms with Crippen LogP contribution < -0.4 is 5.32 Å². The van der Waals surface area contributed by atoms with Gasteiger partial charge in [0.1, 0.15) is 12.4 Å². The number of nitrogens with zero attached hydrogens (tertiary/aromatic N) is 1. The van der Waals surface area contributed by atoms with Crippen LogP contribution in [0.5, 0.6) is 0 Å². The molecule has 1 amide bonds. The van der Waals surface area contributed by atoms with Crippen LogP contribution in [-0.2, 0) is 20.9 Å². The first-order valence-electron chi connectivity index (χ1n) is 8.20. The largest absolute Gasteiger partial charge is 0.460 e. The Bertz CT molecular complexity index is 1010. The second-order valence-corrected chi connectivity index (χ2v) is 6.14. The Morgan fingerprint density at radius 1 is 1.23 bits per heavy atom. The predicted molar refractivity (Wildman–Crippen MR) is 93.9 cm³/mol. The van der Waals surface area contributed by atoms with Gasteiger partial charge in [0.05, 0.1) is 11.4 Å². The number of pyridine rings is 1. The molecule has 0 saturated heterocycles. The molecule has 5 nitrogen and oxygen atoms in total. The van der Waals surface area contributed by atoms with Crippen molar-refractivity contribution in [2.75, 3.05) is 5.32 Å². The third kappa shape index (κ3) is 3.01. The highest BCUT2D eigenvalue weighted by atomic mass is 19.1. The molecule has 1 aliphatic heterocycles. The predicted octanol–water partition coefficient (Wildman–Crippen LogP) is 3.54. The van der Waals surface area contributed by atoms with E-state index in [9.17, 15) is 14.0 Å². The lowest BCUT2D eigenvalue weighted by atomic mass is 9.90. The number of rotatable bonds is 3. The summed E-state index contributed by atoms with van der Waals surface area (Å²) in [6, 6.07) is 13.4. The van der Waals surface area contributed by atoms with Crippen LogP contribution in [0.2, 0.25) is 0 Å². The van der Waals surface area contributed by atoms with Gasteiger partial charge >= 0.3 is 5.97 Å². The first-order chi connectivity index (χ1) is 12.6. The minimum absolute atomic E-state index is 0.0226. The maximum atomic E-state index is 13.4. The Morgan fingerprint density at radius 3 is 2.96 bits per heavy atom. The van der Waals surface area contributed by atoms with Gasteiger partial charge in [-0.05, 0) is 23.8 Å². The molecule has 2 heterocycles. The number of carbonyl (C=O) groups excluding carboxylic acids is 2. The molecule has 0 spiro atoms. The molecule has 2 aromatic carbocycles. The molecule has 3 aromatic rings. The van der Waals surface area contributed by atoms with Crippen molar-refractivity contribution in [2.24, 2.45) is 0 Å². The van der Waals surface area contributed by atoms with Crippen LogP contribution in [0, 0.1) is 5.82 Å². The lowest BCUT2D eigenvalue weighted by molar-refractivity contribution is -0.148. The van der Waals surface area contributed by atoms with Crippen LogP contribution in [0.1, 0.15) is 23.5 Å². The number of esters is 1. The summed E-state index contributed by atoms with van der Waals surface area (Å²) in [7, 11) is 0. The van der Waals surface area contributed by atoms with Gasteiger partial charge in [-0.2, -0.15) is 0 Å².